The first kappa shape index (κ1) is 13.0. The molecule has 2 heterocycles. The highest BCUT2D eigenvalue weighted by molar-refractivity contribution is 5.49. The van der Waals surface area contributed by atoms with Crippen molar-refractivity contribution in [2.75, 3.05) is 5.32 Å². The van der Waals surface area contributed by atoms with Gasteiger partial charge in [-0.25, -0.2) is 9.97 Å². The molecule has 7 nitrogen and oxygen atoms in total. The summed E-state index contributed by atoms with van der Waals surface area (Å²) in [6, 6.07) is 1.19. The lowest BCUT2D eigenvalue weighted by Crippen LogP contribution is -2.08. The van der Waals surface area contributed by atoms with E-state index in [1.54, 1.807) is 20.0 Å². The van der Waals surface area contributed by atoms with Gasteiger partial charge in [0.15, 0.2) is 0 Å². The molecule has 19 heavy (non-hydrogen) atoms. The summed E-state index contributed by atoms with van der Waals surface area (Å²) < 4.78 is 5.38. The van der Waals surface area contributed by atoms with E-state index in [0.717, 1.165) is 0 Å². The van der Waals surface area contributed by atoms with Crippen LogP contribution in [0, 0.1) is 24.0 Å². The summed E-state index contributed by atoms with van der Waals surface area (Å²) in [6.07, 6.45) is 3.09. The Morgan fingerprint density at radius 2 is 2.11 bits per heavy atom. The van der Waals surface area contributed by atoms with Gasteiger partial charge in [-0.05, 0) is 20.8 Å². The van der Waals surface area contributed by atoms with E-state index in [4.69, 9.17) is 4.42 Å². The van der Waals surface area contributed by atoms with Crippen molar-refractivity contribution in [1.29, 1.82) is 0 Å². The zero-order valence-electron chi connectivity index (χ0n) is 10.9. The summed E-state index contributed by atoms with van der Waals surface area (Å²) in [4.78, 5) is 18.6. The maximum Gasteiger partial charge on any atom is 0.277 e. The standard InChI is InChI=1S/C12H14N4O3/c1-7-5-13-11(4-10(7)16(17)18)15-9(3)12-14-6-8(2)19-12/h4-6,9H,1-3H3,(H,13,15). The minimum absolute atomic E-state index is 0.0354. The van der Waals surface area contributed by atoms with E-state index in [9.17, 15) is 10.1 Å². The van der Waals surface area contributed by atoms with Crippen LogP contribution in [-0.4, -0.2) is 14.9 Å². The molecule has 0 aliphatic rings. The summed E-state index contributed by atoms with van der Waals surface area (Å²) >= 11 is 0. The molecule has 2 rings (SSSR count). The fourth-order valence-electron chi connectivity index (χ4n) is 1.64. The number of aromatic nitrogens is 2. The van der Waals surface area contributed by atoms with Crippen LogP contribution in [0.2, 0.25) is 0 Å². The van der Waals surface area contributed by atoms with E-state index >= 15 is 0 Å². The monoisotopic (exact) mass is 262 g/mol. The molecule has 1 N–H and O–H groups in total. The van der Waals surface area contributed by atoms with E-state index < -0.39 is 4.92 Å². The van der Waals surface area contributed by atoms with Crippen molar-refractivity contribution in [1.82, 2.24) is 9.97 Å². The fraction of sp³-hybridized carbons (Fsp3) is 0.333. The number of pyridine rings is 1. The predicted molar refractivity (Wildman–Crippen MR) is 68.9 cm³/mol. The lowest BCUT2D eigenvalue weighted by molar-refractivity contribution is -0.385. The zero-order chi connectivity index (χ0) is 14.0. The molecule has 0 bridgehead atoms. The molecule has 0 aromatic carbocycles. The maximum atomic E-state index is 10.9. The van der Waals surface area contributed by atoms with E-state index in [0.29, 0.717) is 23.0 Å². The molecule has 0 spiro atoms. The Bertz CT molecular complexity index is 609. The highest BCUT2D eigenvalue weighted by Gasteiger charge is 2.15. The third-order valence-corrected chi connectivity index (χ3v) is 2.65. The van der Waals surface area contributed by atoms with Gasteiger partial charge in [-0.15, -0.1) is 0 Å². The Morgan fingerprint density at radius 3 is 2.68 bits per heavy atom. The second-order valence-corrected chi connectivity index (χ2v) is 4.29. The quantitative estimate of drug-likeness (QED) is 0.672. The highest BCUT2D eigenvalue weighted by Crippen LogP contribution is 2.23. The van der Waals surface area contributed by atoms with Gasteiger partial charge in [-0.3, -0.25) is 10.1 Å². The molecule has 100 valence electrons. The topological polar surface area (TPSA) is 94.1 Å². The van der Waals surface area contributed by atoms with Crippen molar-refractivity contribution in [2.45, 2.75) is 26.8 Å². The maximum absolute atomic E-state index is 10.9. The Morgan fingerprint density at radius 1 is 1.37 bits per heavy atom. The van der Waals surface area contributed by atoms with Crippen LogP contribution in [0.15, 0.2) is 22.9 Å². The van der Waals surface area contributed by atoms with Crippen LogP contribution in [-0.2, 0) is 0 Å². The molecule has 0 aliphatic heterocycles. The molecule has 0 saturated carbocycles. The minimum atomic E-state index is -0.428. The number of anilines is 1. The van der Waals surface area contributed by atoms with Crippen molar-refractivity contribution in [2.24, 2.45) is 0 Å². The Kier molecular flexibility index (Phi) is 3.46. The number of nitrogens with one attached hydrogen (secondary N) is 1. The Balaban J connectivity index is 2.19. The molecule has 2 aromatic rings. The Hall–Kier alpha value is -2.44. The van der Waals surface area contributed by atoms with Gasteiger partial charge in [-0.1, -0.05) is 0 Å². The lowest BCUT2D eigenvalue weighted by Gasteiger charge is -2.11. The lowest BCUT2D eigenvalue weighted by atomic mass is 10.2. The molecule has 7 heteroatoms. The van der Waals surface area contributed by atoms with Gasteiger partial charge in [0.05, 0.1) is 17.2 Å². The van der Waals surface area contributed by atoms with Crippen molar-refractivity contribution < 1.29 is 9.34 Å². The first-order chi connectivity index (χ1) is 8.97. The van der Waals surface area contributed by atoms with Gasteiger partial charge in [0.1, 0.15) is 17.6 Å². The van der Waals surface area contributed by atoms with Gasteiger partial charge < -0.3 is 9.73 Å². The van der Waals surface area contributed by atoms with Crippen LogP contribution >= 0.6 is 0 Å². The molecule has 1 atom stereocenters. The Labute approximate surface area is 109 Å². The zero-order valence-corrected chi connectivity index (χ0v) is 10.9. The normalized spacial score (nSPS) is 12.2. The summed E-state index contributed by atoms with van der Waals surface area (Å²) in [5.74, 6) is 1.65. The SMILES string of the molecule is Cc1cnc(C(C)Nc2cc([N+](=O)[O-])c(C)cn2)o1. The number of oxazole rings is 1. The largest absolute Gasteiger partial charge is 0.444 e. The van der Waals surface area contributed by atoms with Crippen LogP contribution in [0.25, 0.3) is 0 Å². The van der Waals surface area contributed by atoms with Crippen LogP contribution < -0.4 is 5.32 Å². The smallest absolute Gasteiger partial charge is 0.277 e. The average molecular weight is 262 g/mol. The summed E-state index contributed by atoms with van der Waals surface area (Å²) in [7, 11) is 0. The summed E-state index contributed by atoms with van der Waals surface area (Å²) in [6.45, 7) is 5.30. The molecule has 2 aromatic heterocycles. The first-order valence-electron chi connectivity index (χ1n) is 5.77. The summed E-state index contributed by atoms with van der Waals surface area (Å²) in [5, 5.41) is 13.9. The molecule has 0 amide bonds. The molecule has 0 saturated heterocycles. The number of aryl methyl sites for hydroxylation is 2. The molecule has 0 radical (unpaired) electrons. The number of nitrogens with zero attached hydrogens (tertiary/aromatic N) is 3. The fourth-order valence-corrected chi connectivity index (χ4v) is 1.64. The van der Waals surface area contributed by atoms with Crippen molar-refractivity contribution in [3.05, 3.63) is 45.8 Å². The van der Waals surface area contributed by atoms with E-state index in [2.05, 4.69) is 15.3 Å². The van der Waals surface area contributed by atoms with Gasteiger partial charge in [0, 0.05) is 11.8 Å². The van der Waals surface area contributed by atoms with Crippen LogP contribution in [0.1, 0.15) is 30.2 Å². The second-order valence-electron chi connectivity index (χ2n) is 4.29. The van der Waals surface area contributed by atoms with E-state index in [1.165, 1.54) is 12.3 Å². The number of rotatable bonds is 4. The van der Waals surface area contributed by atoms with Crippen LogP contribution in [0.4, 0.5) is 11.5 Å². The molecular weight excluding hydrogens is 248 g/mol. The van der Waals surface area contributed by atoms with Gasteiger partial charge >= 0.3 is 0 Å². The molecule has 0 aliphatic carbocycles. The second kappa shape index (κ2) is 5.05. The van der Waals surface area contributed by atoms with Crippen molar-refractivity contribution >= 4 is 11.5 Å². The van der Waals surface area contributed by atoms with Gasteiger partial charge in [0.25, 0.3) is 5.69 Å². The highest BCUT2D eigenvalue weighted by atomic mass is 16.6. The average Bonchev–Trinajstić information content (AvgIpc) is 2.78. The number of nitro groups is 1. The van der Waals surface area contributed by atoms with Crippen molar-refractivity contribution in [3.63, 3.8) is 0 Å². The van der Waals surface area contributed by atoms with Gasteiger partial charge in [-0.2, -0.15) is 0 Å². The van der Waals surface area contributed by atoms with Crippen LogP contribution in [0.3, 0.4) is 0 Å². The number of hydrogen-bond donors (Lipinski definition) is 1. The van der Waals surface area contributed by atoms with Crippen LogP contribution in [0.5, 0.6) is 0 Å². The first-order valence-corrected chi connectivity index (χ1v) is 5.77. The van der Waals surface area contributed by atoms with E-state index in [1.807, 2.05) is 6.92 Å². The van der Waals surface area contributed by atoms with E-state index in [-0.39, 0.29) is 11.7 Å². The molecular formula is C12H14N4O3. The van der Waals surface area contributed by atoms with Crippen molar-refractivity contribution in [3.8, 4) is 0 Å². The number of hydrogen-bond acceptors (Lipinski definition) is 6. The third-order valence-electron chi connectivity index (χ3n) is 2.65. The molecule has 0 fully saturated rings. The third kappa shape index (κ3) is 2.87. The summed E-state index contributed by atoms with van der Waals surface area (Å²) in [5.41, 5.74) is 0.559. The molecule has 1 unspecified atom stereocenters. The van der Waals surface area contributed by atoms with Gasteiger partial charge in [0.2, 0.25) is 5.89 Å². The predicted octanol–water partition coefficient (Wildman–Crippen LogP) is 2.77. The minimum Gasteiger partial charge on any atom is -0.444 e.